The first kappa shape index (κ1) is 11.7. The van der Waals surface area contributed by atoms with E-state index in [-0.39, 0.29) is 0 Å². The Morgan fingerprint density at radius 1 is 1.54 bits per heavy atom. The molecule has 0 aliphatic carbocycles. The molecule has 78 valence electrons. The molecule has 1 fully saturated rings. The van der Waals surface area contributed by atoms with E-state index in [1.165, 1.54) is 12.8 Å². The molecule has 1 rings (SSSR count). The molecule has 0 unspecified atom stereocenters. The molecule has 1 aliphatic heterocycles. The van der Waals surface area contributed by atoms with Gasteiger partial charge >= 0.3 is 0 Å². The molecule has 0 aromatic carbocycles. The monoisotopic (exact) mass is 298 g/mol. The van der Waals surface area contributed by atoms with Crippen molar-refractivity contribution >= 4 is 22.6 Å². The van der Waals surface area contributed by atoms with Gasteiger partial charge in [0.2, 0.25) is 0 Å². The Hall–Kier alpha value is 0.650. The summed E-state index contributed by atoms with van der Waals surface area (Å²) < 4.78 is 12.3. The number of ether oxygens (including phenoxy) is 2. The molecule has 0 amide bonds. The second kappa shape index (κ2) is 5.51. The van der Waals surface area contributed by atoms with Crippen LogP contribution < -0.4 is 0 Å². The average molecular weight is 298 g/mol. The van der Waals surface area contributed by atoms with Crippen LogP contribution in [0.25, 0.3) is 0 Å². The minimum atomic E-state index is 0.311. The van der Waals surface area contributed by atoms with E-state index in [1.54, 1.807) is 0 Å². The van der Waals surface area contributed by atoms with Crippen molar-refractivity contribution in [3.8, 4) is 0 Å². The Kier molecular flexibility index (Phi) is 4.97. The minimum Gasteiger partial charge on any atom is -0.381 e. The van der Waals surface area contributed by atoms with Gasteiger partial charge < -0.3 is 9.47 Å². The summed E-state index contributed by atoms with van der Waals surface area (Å²) in [5.41, 5.74) is 0.311. The highest BCUT2D eigenvalue weighted by atomic mass is 127. The molecular weight excluding hydrogens is 279 g/mol. The highest BCUT2D eigenvalue weighted by Gasteiger charge is 2.38. The smallest absolute Gasteiger partial charge is 0.0671 e. The first-order valence-electron chi connectivity index (χ1n) is 5.01. The maximum Gasteiger partial charge on any atom is 0.0671 e. The standard InChI is InChI=1S/C10H19IO2/c1-3-10(7-12-4-2)5-9(6-11)13-8-10/h9H,3-8H2,1-2H3/t9-,10+/m1/s1. The molecule has 3 heteroatoms. The van der Waals surface area contributed by atoms with Gasteiger partial charge in [-0.2, -0.15) is 0 Å². The summed E-state index contributed by atoms with van der Waals surface area (Å²) in [5, 5.41) is 0. The zero-order valence-corrected chi connectivity index (χ0v) is 10.7. The van der Waals surface area contributed by atoms with Crippen LogP contribution in [0, 0.1) is 5.41 Å². The van der Waals surface area contributed by atoms with Crippen molar-refractivity contribution in [3.63, 3.8) is 0 Å². The average Bonchev–Trinajstić information content (AvgIpc) is 2.59. The Morgan fingerprint density at radius 2 is 2.31 bits per heavy atom. The predicted octanol–water partition coefficient (Wildman–Crippen LogP) is 2.64. The van der Waals surface area contributed by atoms with Crippen LogP contribution in [-0.4, -0.2) is 30.4 Å². The molecule has 0 radical (unpaired) electrons. The fraction of sp³-hybridized carbons (Fsp3) is 1.00. The van der Waals surface area contributed by atoms with Gasteiger partial charge in [0.15, 0.2) is 0 Å². The van der Waals surface area contributed by atoms with Gasteiger partial charge in [0, 0.05) is 16.4 Å². The van der Waals surface area contributed by atoms with Gasteiger partial charge in [0.25, 0.3) is 0 Å². The molecular formula is C10H19IO2. The van der Waals surface area contributed by atoms with Crippen molar-refractivity contribution < 1.29 is 9.47 Å². The molecule has 2 atom stereocenters. The SMILES string of the molecule is CCOC[C@@]1(CC)CO[C@@H](CI)C1. The van der Waals surface area contributed by atoms with E-state index >= 15 is 0 Å². The van der Waals surface area contributed by atoms with Gasteiger partial charge in [-0.3, -0.25) is 0 Å². The van der Waals surface area contributed by atoms with E-state index in [0.29, 0.717) is 11.5 Å². The van der Waals surface area contributed by atoms with Crippen molar-refractivity contribution in [2.75, 3.05) is 24.2 Å². The normalized spacial score (nSPS) is 33.9. The minimum absolute atomic E-state index is 0.311. The summed E-state index contributed by atoms with van der Waals surface area (Å²) in [6.07, 6.45) is 2.80. The third kappa shape index (κ3) is 3.06. The predicted molar refractivity (Wildman–Crippen MR) is 62.5 cm³/mol. The second-order valence-electron chi connectivity index (χ2n) is 3.78. The Bertz CT molecular complexity index is 152. The maximum absolute atomic E-state index is 5.72. The third-order valence-electron chi connectivity index (χ3n) is 2.82. The van der Waals surface area contributed by atoms with E-state index in [4.69, 9.17) is 9.47 Å². The van der Waals surface area contributed by atoms with E-state index < -0.39 is 0 Å². The summed E-state index contributed by atoms with van der Waals surface area (Å²) >= 11 is 2.39. The quantitative estimate of drug-likeness (QED) is 0.574. The van der Waals surface area contributed by atoms with E-state index in [9.17, 15) is 0 Å². The van der Waals surface area contributed by atoms with Crippen LogP contribution >= 0.6 is 22.6 Å². The van der Waals surface area contributed by atoms with Gasteiger partial charge in [0.1, 0.15) is 0 Å². The van der Waals surface area contributed by atoms with Crippen LogP contribution in [0.15, 0.2) is 0 Å². The number of alkyl halides is 1. The number of hydrogen-bond donors (Lipinski definition) is 0. The van der Waals surface area contributed by atoms with Crippen molar-refractivity contribution in [1.29, 1.82) is 0 Å². The van der Waals surface area contributed by atoms with Gasteiger partial charge in [0.05, 0.1) is 19.3 Å². The molecule has 0 aromatic heterocycles. The molecule has 1 heterocycles. The molecule has 0 bridgehead atoms. The van der Waals surface area contributed by atoms with Crippen LogP contribution in [0.4, 0.5) is 0 Å². The maximum atomic E-state index is 5.72. The van der Waals surface area contributed by atoms with E-state index in [1.807, 2.05) is 0 Å². The lowest BCUT2D eigenvalue weighted by molar-refractivity contribution is 0.0346. The van der Waals surface area contributed by atoms with Crippen LogP contribution in [0.3, 0.4) is 0 Å². The van der Waals surface area contributed by atoms with Gasteiger partial charge in [-0.1, -0.05) is 29.5 Å². The molecule has 1 aliphatic rings. The first-order valence-corrected chi connectivity index (χ1v) is 6.54. The van der Waals surface area contributed by atoms with Crippen LogP contribution in [0.1, 0.15) is 26.7 Å². The highest BCUT2D eigenvalue weighted by molar-refractivity contribution is 14.1. The Morgan fingerprint density at radius 3 is 2.77 bits per heavy atom. The van der Waals surface area contributed by atoms with Crippen LogP contribution in [0.2, 0.25) is 0 Å². The number of hydrogen-bond acceptors (Lipinski definition) is 2. The fourth-order valence-electron chi connectivity index (χ4n) is 1.76. The molecule has 0 N–H and O–H groups in total. The van der Waals surface area contributed by atoms with Crippen molar-refractivity contribution in [3.05, 3.63) is 0 Å². The lowest BCUT2D eigenvalue weighted by Gasteiger charge is -2.25. The molecule has 0 aromatic rings. The van der Waals surface area contributed by atoms with Crippen molar-refractivity contribution in [2.45, 2.75) is 32.8 Å². The van der Waals surface area contributed by atoms with Gasteiger partial charge in [-0.25, -0.2) is 0 Å². The Labute approximate surface area is 94.5 Å². The molecule has 2 nitrogen and oxygen atoms in total. The van der Waals surface area contributed by atoms with Gasteiger partial charge in [-0.05, 0) is 19.8 Å². The third-order valence-corrected chi connectivity index (χ3v) is 3.80. The van der Waals surface area contributed by atoms with Crippen molar-refractivity contribution in [1.82, 2.24) is 0 Å². The molecule has 1 saturated heterocycles. The van der Waals surface area contributed by atoms with Crippen LogP contribution in [-0.2, 0) is 9.47 Å². The first-order chi connectivity index (χ1) is 6.26. The summed E-state index contributed by atoms with van der Waals surface area (Å²) in [6.45, 7) is 6.86. The van der Waals surface area contributed by atoms with E-state index in [0.717, 1.165) is 24.2 Å². The zero-order valence-electron chi connectivity index (χ0n) is 8.51. The highest BCUT2D eigenvalue weighted by Crippen LogP contribution is 2.36. The van der Waals surface area contributed by atoms with E-state index in [2.05, 4.69) is 36.4 Å². The van der Waals surface area contributed by atoms with Crippen molar-refractivity contribution in [2.24, 2.45) is 5.41 Å². The van der Waals surface area contributed by atoms with Crippen LogP contribution in [0.5, 0.6) is 0 Å². The number of rotatable bonds is 5. The van der Waals surface area contributed by atoms with Gasteiger partial charge in [-0.15, -0.1) is 0 Å². The largest absolute Gasteiger partial charge is 0.381 e. The molecule has 13 heavy (non-hydrogen) atoms. The molecule has 0 saturated carbocycles. The zero-order chi connectivity index (χ0) is 9.73. The lowest BCUT2D eigenvalue weighted by Crippen LogP contribution is -2.27. The fourth-order valence-corrected chi connectivity index (χ4v) is 2.33. The lowest BCUT2D eigenvalue weighted by atomic mass is 9.84. The second-order valence-corrected chi connectivity index (χ2v) is 4.66. The number of halogens is 1. The Balaban J connectivity index is 2.42. The summed E-state index contributed by atoms with van der Waals surface area (Å²) in [7, 11) is 0. The summed E-state index contributed by atoms with van der Waals surface area (Å²) in [6, 6.07) is 0. The topological polar surface area (TPSA) is 18.5 Å². The summed E-state index contributed by atoms with van der Waals surface area (Å²) in [5.74, 6) is 0. The molecule has 0 spiro atoms. The summed E-state index contributed by atoms with van der Waals surface area (Å²) in [4.78, 5) is 0.